The highest BCUT2D eigenvalue weighted by Crippen LogP contribution is 2.57. The molecule has 3 atom stereocenters. The lowest BCUT2D eigenvalue weighted by molar-refractivity contribution is -0.126. The maximum Gasteiger partial charge on any atom is 0.252 e. The molecule has 1 unspecified atom stereocenters. The van der Waals surface area contributed by atoms with Crippen LogP contribution in [0.25, 0.3) is 0 Å². The van der Waals surface area contributed by atoms with Gasteiger partial charge in [-0.3, -0.25) is 9.59 Å². The molecule has 4 rings (SSSR count). The highest BCUT2D eigenvalue weighted by molar-refractivity contribution is 5.96. The number of likely N-dealkylation sites (N-methyl/N-ethyl adjacent to an activating group) is 1. The number of nitrogens with zero attached hydrogens (tertiary/aromatic N) is 1. The third-order valence-electron chi connectivity index (χ3n) is 6.35. The third kappa shape index (κ3) is 1.89. The number of Topliss-reactive ketones (excluding diaryl/α,β-unsaturated/α-hetero) is 1. The van der Waals surface area contributed by atoms with Gasteiger partial charge in [0.15, 0.2) is 0 Å². The number of likely N-dealkylation sites (tertiary alicyclic amines) is 1. The van der Waals surface area contributed by atoms with Crippen molar-refractivity contribution in [2.75, 3.05) is 13.6 Å². The van der Waals surface area contributed by atoms with Gasteiger partial charge >= 0.3 is 0 Å². The molecule has 1 aromatic rings. The number of amides is 1. The molecule has 3 N–H and O–H groups in total. The van der Waals surface area contributed by atoms with E-state index in [0.29, 0.717) is 24.8 Å². The van der Waals surface area contributed by atoms with E-state index in [4.69, 9.17) is 5.73 Å². The second-order valence-corrected chi connectivity index (χ2v) is 7.38. The minimum Gasteiger partial charge on any atom is -0.507 e. The fourth-order valence-corrected chi connectivity index (χ4v) is 5.33. The number of piperidine rings is 1. The number of carbonyl (C=O) groups excluding carboxylic acids is 2. The molecule has 1 heterocycles. The molecule has 1 aliphatic heterocycles. The minimum atomic E-state index is -0.615. The number of nitrogens with two attached hydrogens (primary N) is 1. The van der Waals surface area contributed by atoms with Gasteiger partial charge in [-0.2, -0.15) is 0 Å². The Balaban J connectivity index is 1.97. The number of carbonyl (C=O) groups is 2. The summed E-state index contributed by atoms with van der Waals surface area (Å²) >= 11 is 0. The van der Waals surface area contributed by atoms with E-state index in [0.717, 1.165) is 36.9 Å². The Hall–Kier alpha value is -1.88. The van der Waals surface area contributed by atoms with Gasteiger partial charge in [-0.05, 0) is 50.4 Å². The van der Waals surface area contributed by atoms with E-state index in [1.807, 2.05) is 6.07 Å². The van der Waals surface area contributed by atoms with Crippen LogP contribution in [0.2, 0.25) is 0 Å². The van der Waals surface area contributed by atoms with Crippen LogP contribution in [0.15, 0.2) is 12.1 Å². The molecule has 0 aromatic heterocycles. The van der Waals surface area contributed by atoms with Gasteiger partial charge in [-0.1, -0.05) is 6.07 Å². The van der Waals surface area contributed by atoms with Gasteiger partial charge < -0.3 is 15.7 Å². The Labute approximate surface area is 135 Å². The van der Waals surface area contributed by atoms with Gasteiger partial charge in [-0.15, -0.1) is 0 Å². The Bertz CT molecular complexity index is 714. The average molecular weight is 314 g/mol. The molecule has 5 heteroatoms. The molecule has 23 heavy (non-hydrogen) atoms. The van der Waals surface area contributed by atoms with Crippen LogP contribution in [-0.4, -0.2) is 41.3 Å². The van der Waals surface area contributed by atoms with E-state index in [1.54, 1.807) is 6.07 Å². The molecule has 5 nitrogen and oxygen atoms in total. The van der Waals surface area contributed by atoms with E-state index < -0.39 is 5.91 Å². The summed E-state index contributed by atoms with van der Waals surface area (Å²) in [6, 6.07) is 3.94. The van der Waals surface area contributed by atoms with Crippen molar-refractivity contribution in [3.8, 4) is 5.75 Å². The molecule has 122 valence electrons. The molecule has 2 aliphatic carbocycles. The Morgan fingerprint density at radius 3 is 2.96 bits per heavy atom. The molecule has 2 bridgehead atoms. The van der Waals surface area contributed by atoms with Crippen LogP contribution >= 0.6 is 0 Å². The average Bonchev–Trinajstić information content (AvgIpc) is 2.50. The smallest absolute Gasteiger partial charge is 0.252 e. The van der Waals surface area contributed by atoms with Crippen LogP contribution in [0.3, 0.4) is 0 Å². The van der Waals surface area contributed by atoms with Crippen molar-refractivity contribution in [1.82, 2.24) is 4.90 Å². The van der Waals surface area contributed by atoms with Crippen molar-refractivity contribution in [2.24, 2.45) is 11.7 Å². The predicted molar refractivity (Wildman–Crippen MR) is 85.4 cm³/mol. The fraction of sp³-hybridized carbons (Fsp3) is 0.556. The summed E-state index contributed by atoms with van der Waals surface area (Å²) in [7, 11) is 2.15. The third-order valence-corrected chi connectivity index (χ3v) is 6.35. The van der Waals surface area contributed by atoms with Gasteiger partial charge in [0.25, 0.3) is 5.91 Å². The molecule has 1 saturated carbocycles. The second-order valence-electron chi connectivity index (χ2n) is 7.38. The van der Waals surface area contributed by atoms with Crippen LogP contribution in [-0.2, 0) is 16.6 Å². The predicted octanol–water partition coefficient (Wildman–Crippen LogP) is 1.36. The number of fused-ring (bicyclic) bond motifs is 1. The van der Waals surface area contributed by atoms with Gasteiger partial charge in [0.2, 0.25) is 0 Å². The first-order chi connectivity index (χ1) is 10.9. The number of primary amides is 1. The van der Waals surface area contributed by atoms with Gasteiger partial charge in [0, 0.05) is 29.9 Å². The Kier molecular flexibility index (Phi) is 3.07. The van der Waals surface area contributed by atoms with E-state index in [1.165, 1.54) is 0 Å². The number of aromatic hydroxyl groups is 1. The number of rotatable bonds is 1. The normalized spacial score (nSPS) is 33.0. The molecular formula is C18H22N2O3. The lowest BCUT2D eigenvalue weighted by Crippen LogP contribution is -2.61. The first-order valence-electron chi connectivity index (χ1n) is 8.31. The Morgan fingerprint density at radius 2 is 2.22 bits per heavy atom. The summed E-state index contributed by atoms with van der Waals surface area (Å²) in [5.41, 5.74) is 7.16. The minimum absolute atomic E-state index is 0.0118. The van der Waals surface area contributed by atoms with Crippen LogP contribution in [0.4, 0.5) is 0 Å². The Morgan fingerprint density at radius 1 is 1.43 bits per heavy atom. The maximum absolute atomic E-state index is 12.2. The van der Waals surface area contributed by atoms with Crippen molar-refractivity contribution < 1.29 is 14.7 Å². The summed E-state index contributed by atoms with van der Waals surface area (Å²) in [5.74, 6) is 0.0231. The number of ketones is 1. The van der Waals surface area contributed by atoms with E-state index in [9.17, 15) is 14.7 Å². The highest BCUT2D eigenvalue weighted by atomic mass is 16.3. The van der Waals surface area contributed by atoms with Crippen molar-refractivity contribution in [3.05, 3.63) is 28.8 Å². The first kappa shape index (κ1) is 14.7. The van der Waals surface area contributed by atoms with Crippen molar-refractivity contribution in [2.45, 2.75) is 43.6 Å². The zero-order chi connectivity index (χ0) is 16.4. The largest absolute Gasteiger partial charge is 0.507 e. The highest BCUT2D eigenvalue weighted by Gasteiger charge is 2.56. The van der Waals surface area contributed by atoms with Crippen molar-refractivity contribution in [1.29, 1.82) is 0 Å². The summed E-state index contributed by atoms with van der Waals surface area (Å²) < 4.78 is 0. The summed E-state index contributed by atoms with van der Waals surface area (Å²) in [6.07, 6.45) is 3.68. The molecule has 1 amide bonds. The van der Waals surface area contributed by atoms with Crippen molar-refractivity contribution in [3.63, 3.8) is 0 Å². The first-order valence-corrected chi connectivity index (χ1v) is 8.31. The summed E-state index contributed by atoms with van der Waals surface area (Å²) in [5, 5.41) is 10.8. The zero-order valence-electron chi connectivity index (χ0n) is 13.3. The van der Waals surface area contributed by atoms with Crippen LogP contribution < -0.4 is 5.73 Å². The molecule has 3 aliphatic rings. The molecule has 2 fully saturated rings. The van der Waals surface area contributed by atoms with Crippen LogP contribution in [0.1, 0.15) is 47.2 Å². The van der Waals surface area contributed by atoms with Gasteiger partial charge in [0.05, 0.1) is 5.56 Å². The topological polar surface area (TPSA) is 83.6 Å². The standard InChI is InChI=1S/C18H22N2O3/c1-20-7-6-18-9-11(21)3-5-13(18)14(20)8-10-2-4-12(17(19)23)16(22)15(10)18/h2,4,13-14,22H,3,5-9H2,1H3,(H2,19,23)/t13?,14-,18+/m1/s1. The number of benzene rings is 1. The second kappa shape index (κ2) is 4.81. The van der Waals surface area contributed by atoms with E-state index >= 15 is 0 Å². The van der Waals surface area contributed by atoms with E-state index in [2.05, 4.69) is 11.9 Å². The van der Waals surface area contributed by atoms with E-state index in [-0.39, 0.29) is 22.5 Å². The summed E-state index contributed by atoms with van der Waals surface area (Å²) in [6.45, 7) is 0.911. The fourth-order valence-electron chi connectivity index (χ4n) is 5.33. The zero-order valence-corrected chi connectivity index (χ0v) is 13.3. The van der Waals surface area contributed by atoms with Crippen molar-refractivity contribution >= 4 is 11.7 Å². The lowest BCUT2D eigenvalue weighted by Gasteiger charge is -2.58. The molecular weight excluding hydrogens is 292 g/mol. The quantitative estimate of drug-likeness (QED) is 0.820. The van der Waals surface area contributed by atoms with Gasteiger partial charge in [-0.25, -0.2) is 0 Å². The van der Waals surface area contributed by atoms with Gasteiger partial charge in [0.1, 0.15) is 11.5 Å². The monoisotopic (exact) mass is 314 g/mol. The van der Waals surface area contributed by atoms with Crippen LogP contribution in [0.5, 0.6) is 5.75 Å². The number of phenols is 1. The molecule has 1 aromatic carbocycles. The number of hydrogen-bond donors (Lipinski definition) is 2. The SMILES string of the molecule is CN1CC[C@]23CC(=O)CCC2[C@H]1Cc1ccc(C(N)=O)c(O)c13. The summed E-state index contributed by atoms with van der Waals surface area (Å²) in [4.78, 5) is 26.3. The number of hydrogen-bond acceptors (Lipinski definition) is 4. The lowest BCUT2D eigenvalue weighted by atomic mass is 9.52. The van der Waals surface area contributed by atoms with Crippen LogP contribution in [0, 0.1) is 5.92 Å². The molecule has 1 saturated heterocycles. The maximum atomic E-state index is 12.2. The molecule has 0 spiro atoms. The molecule has 0 radical (unpaired) electrons.